The van der Waals surface area contributed by atoms with Gasteiger partial charge in [-0.05, 0) is 16.5 Å². The van der Waals surface area contributed by atoms with Crippen LogP contribution >= 0.6 is 0 Å². The van der Waals surface area contributed by atoms with E-state index in [1.807, 2.05) is 41.3 Å². The number of fused-ring (bicyclic) bond motifs is 1. The van der Waals surface area contributed by atoms with E-state index in [-0.39, 0.29) is 11.9 Å². The molecule has 1 aliphatic heterocycles. The molecule has 0 spiro atoms. The zero-order chi connectivity index (χ0) is 27.3. The maximum absolute atomic E-state index is 13.4. The van der Waals surface area contributed by atoms with Gasteiger partial charge in [0.15, 0.2) is 0 Å². The minimum Gasteiger partial charge on any atom is -0.398 e. The molecule has 1 aromatic heterocycles. The molecule has 1 fully saturated rings. The second kappa shape index (κ2) is 14.4. The van der Waals surface area contributed by atoms with Gasteiger partial charge in [0, 0.05) is 30.9 Å². The van der Waals surface area contributed by atoms with Crippen LogP contribution in [0.4, 0.5) is 0 Å². The van der Waals surface area contributed by atoms with Crippen LogP contribution < -0.4 is 10.6 Å². The molecule has 39 heavy (non-hydrogen) atoms. The van der Waals surface area contributed by atoms with Gasteiger partial charge in [0.25, 0.3) is 5.91 Å². The fourth-order valence-corrected chi connectivity index (χ4v) is 4.59. The van der Waals surface area contributed by atoms with E-state index in [4.69, 9.17) is 0 Å². The summed E-state index contributed by atoms with van der Waals surface area (Å²) in [6, 6.07) is 29.2. The standard InChI is InChI=1S/C27H26N4O.C3H6N2O2/c32-27(25-18-28-17-23-13-7-8-14-24(23)25)31-16-15-30(19-29-20-31)26(21-9-3-1-4-10-21)22-11-5-2-6-12-22;1-7-5-2-4-3-6/h1-14,17-18,26,29H,15-16,19-20H2;2-3H,1H3,(H,4,5,6). The Morgan fingerprint density at radius 1 is 0.949 bits per heavy atom. The van der Waals surface area contributed by atoms with Crippen molar-refractivity contribution in [3.05, 3.63) is 114 Å². The van der Waals surface area contributed by atoms with Crippen LogP contribution in [0.15, 0.2) is 102 Å². The quantitative estimate of drug-likeness (QED) is 0.166. The number of nitrogens with one attached hydrogen (secondary N) is 2. The summed E-state index contributed by atoms with van der Waals surface area (Å²) in [6.07, 6.45) is 5.14. The van der Waals surface area contributed by atoms with Gasteiger partial charge in [-0.3, -0.25) is 24.8 Å². The number of hydrogen-bond donors (Lipinski definition) is 2. The molecule has 200 valence electrons. The molecule has 0 saturated carbocycles. The molecule has 5 rings (SSSR count). The second-order valence-electron chi connectivity index (χ2n) is 8.78. The van der Waals surface area contributed by atoms with Gasteiger partial charge in [-0.15, -0.1) is 0 Å². The molecular formula is C30H32N6O3. The number of aromatic nitrogens is 1. The van der Waals surface area contributed by atoms with Crippen LogP contribution in [0.3, 0.4) is 0 Å². The smallest absolute Gasteiger partial charge is 0.257 e. The van der Waals surface area contributed by atoms with Crippen molar-refractivity contribution >= 4 is 29.4 Å². The first-order chi connectivity index (χ1) is 19.2. The van der Waals surface area contributed by atoms with Gasteiger partial charge in [0.2, 0.25) is 6.41 Å². The van der Waals surface area contributed by atoms with Gasteiger partial charge in [-0.2, -0.15) is 0 Å². The number of pyridine rings is 1. The minimum atomic E-state index is 0.0135. The number of hydrogen-bond acceptors (Lipinski definition) is 7. The monoisotopic (exact) mass is 524 g/mol. The largest absolute Gasteiger partial charge is 0.398 e. The summed E-state index contributed by atoms with van der Waals surface area (Å²) in [5.41, 5.74) is 3.15. The van der Waals surface area contributed by atoms with Gasteiger partial charge in [0.1, 0.15) is 13.4 Å². The molecule has 2 N–H and O–H groups in total. The molecule has 0 atom stereocenters. The van der Waals surface area contributed by atoms with E-state index in [1.54, 1.807) is 12.4 Å². The van der Waals surface area contributed by atoms with E-state index >= 15 is 0 Å². The second-order valence-corrected chi connectivity index (χ2v) is 8.78. The zero-order valence-electron chi connectivity index (χ0n) is 21.8. The predicted molar refractivity (Wildman–Crippen MR) is 152 cm³/mol. The van der Waals surface area contributed by atoms with E-state index in [0.717, 1.165) is 23.7 Å². The summed E-state index contributed by atoms with van der Waals surface area (Å²) in [4.78, 5) is 35.6. The molecule has 1 aliphatic rings. The summed E-state index contributed by atoms with van der Waals surface area (Å²) in [5, 5.41) is 10.7. The van der Waals surface area contributed by atoms with Crippen LogP contribution in [0.25, 0.3) is 10.8 Å². The average molecular weight is 525 g/mol. The fraction of sp³-hybridized carbons (Fsp3) is 0.200. The Morgan fingerprint density at radius 2 is 1.62 bits per heavy atom. The highest BCUT2D eigenvalue weighted by Crippen LogP contribution is 2.29. The maximum Gasteiger partial charge on any atom is 0.257 e. The third kappa shape index (κ3) is 7.25. The lowest BCUT2D eigenvalue weighted by Crippen LogP contribution is -2.38. The molecule has 3 aromatic carbocycles. The number of rotatable bonds is 7. The molecule has 4 aromatic rings. The summed E-state index contributed by atoms with van der Waals surface area (Å²) in [6.45, 7) is 2.62. The van der Waals surface area contributed by atoms with Crippen LogP contribution in [0.2, 0.25) is 0 Å². The molecule has 0 radical (unpaired) electrons. The third-order valence-electron chi connectivity index (χ3n) is 6.36. The number of carbonyl (C=O) groups excluding carboxylic acids is 2. The molecular weight excluding hydrogens is 492 g/mol. The minimum absolute atomic E-state index is 0.0135. The Labute approximate surface area is 228 Å². The SMILES string of the molecule is CO/N=C\NC=O.O=C(c1cncc2ccccc12)N1CCN(C(c2ccccc2)c2ccccc2)CNC1. The normalized spacial score (nSPS) is 13.9. The lowest BCUT2D eigenvalue weighted by atomic mass is 9.97. The topological polar surface area (TPSA) is 99.2 Å². The molecule has 2 amide bonds. The van der Waals surface area contributed by atoms with Gasteiger partial charge in [0.05, 0.1) is 24.9 Å². The highest BCUT2D eigenvalue weighted by Gasteiger charge is 2.27. The Hall–Kier alpha value is -4.60. The van der Waals surface area contributed by atoms with E-state index in [2.05, 4.69) is 79.0 Å². The van der Waals surface area contributed by atoms with Crippen molar-refractivity contribution in [1.29, 1.82) is 0 Å². The Bertz CT molecular complexity index is 1320. The van der Waals surface area contributed by atoms with Crippen molar-refractivity contribution in [1.82, 2.24) is 25.4 Å². The van der Waals surface area contributed by atoms with Gasteiger partial charge < -0.3 is 15.1 Å². The summed E-state index contributed by atoms with van der Waals surface area (Å²) in [5.74, 6) is 0.0135. The first-order valence-electron chi connectivity index (χ1n) is 12.6. The Kier molecular flexibility index (Phi) is 10.1. The zero-order valence-corrected chi connectivity index (χ0v) is 21.8. The summed E-state index contributed by atoms with van der Waals surface area (Å²) < 4.78 is 0. The average Bonchev–Trinajstić information content (AvgIpc) is 3.25. The van der Waals surface area contributed by atoms with Crippen LogP contribution in [0, 0.1) is 0 Å². The molecule has 9 nitrogen and oxygen atoms in total. The highest BCUT2D eigenvalue weighted by atomic mass is 16.6. The van der Waals surface area contributed by atoms with Gasteiger partial charge in [-0.1, -0.05) is 90.1 Å². The Balaban J connectivity index is 0.000000448. The maximum atomic E-state index is 13.4. The number of carbonyl (C=O) groups is 2. The number of oxime groups is 1. The van der Waals surface area contributed by atoms with Gasteiger partial charge in [-0.25, -0.2) is 0 Å². The number of nitrogens with zero attached hydrogens (tertiary/aromatic N) is 4. The van der Waals surface area contributed by atoms with Crippen LogP contribution in [-0.2, 0) is 9.63 Å². The summed E-state index contributed by atoms with van der Waals surface area (Å²) in [7, 11) is 1.39. The van der Waals surface area contributed by atoms with E-state index in [0.29, 0.717) is 31.9 Å². The molecule has 1 saturated heterocycles. The molecule has 2 heterocycles. The lowest BCUT2D eigenvalue weighted by molar-refractivity contribution is -0.108. The predicted octanol–water partition coefficient (Wildman–Crippen LogP) is 3.61. The van der Waals surface area contributed by atoms with Crippen LogP contribution in [-0.4, -0.2) is 67.0 Å². The molecule has 0 bridgehead atoms. The third-order valence-corrected chi connectivity index (χ3v) is 6.36. The van der Waals surface area contributed by atoms with E-state index < -0.39 is 0 Å². The van der Waals surface area contributed by atoms with Crippen molar-refractivity contribution < 1.29 is 14.4 Å². The number of amides is 2. The van der Waals surface area contributed by atoms with Crippen molar-refractivity contribution in [3.8, 4) is 0 Å². The van der Waals surface area contributed by atoms with Gasteiger partial charge >= 0.3 is 0 Å². The molecule has 9 heteroatoms. The lowest BCUT2D eigenvalue weighted by Gasteiger charge is -2.31. The number of benzene rings is 3. The van der Waals surface area contributed by atoms with Crippen LogP contribution in [0.1, 0.15) is 27.5 Å². The highest BCUT2D eigenvalue weighted by molar-refractivity contribution is 6.06. The van der Waals surface area contributed by atoms with Crippen LogP contribution in [0.5, 0.6) is 0 Å². The first-order valence-corrected chi connectivity index (χ1v) is 12.6. The Morgan fingerprint density at radius 3 is 2.28 bits per heavy atom. The van der Waals surface area contributed by atoms with Crippen molar-refractivity contribution in [2.45, 2.75) is 6.04 Å². The summed E-state index contributed by atoms with van der Waals surface area (Å²) >= 11 is 0. The molecule has 0 aliphatic carbocycles. The van der Waals surface area contributed by atoms with E-state index in [1.165, 1.54) is 18.2 Å². The van der Waals surface area contributed by atoms with E-state index in [9.17, 15) is 9.59 Å². The fourth-order valence-electron chi connectivity index (χ4n) is 4.59. The van der Waals surface area contributed by atoms with Crippen molar-refractivity contribution in [3.63, 3.8) is 0 Å². The van der Waals surface area contributed by atoms with Crippen molar-refractivity contribution in [2.24, 2.45) is 5.16 Å². The van der Waals surface area contributed by atoms with Crippen molar-refractivity contribution in [2.75, 3.05) is 33.5 Å². The first kappa shape index (κ1) is 27.4. The molecule has 0 unspecified atom stereocenters.